The largest absolute Gasteiger partial charge is 1.00 e. The van der Waals surface area contributed by atoms with E-state index in [4.69, 9.17) is 4.74 Å². The van der Waals surface area contributed by atoms with Gasteiger partial charge in [0.25, 0.3) is 0 Å². The number of unbranched alkanes of at least 4 members (excludes halogenated alkanes) is 4. The summed E-state index contributed by atoms with van der Waals surface area (Å²) in [6.45, 7) is 3.07. The van der Waals surface area contributed by atoms with E-state index in [-0.39, 0.29) is 18.9 Å². The van der Waals surface area contributed by atoms with Crippen LogP contribution >= 0.6 is 0 Å². The van der Waals surface area contributed by atoms with E-state index in [1.54, 1.807) is 0 Å². The first-order valence-corrected chi connectivity index (χ1v) is 5.52. The number of rotatable bonds is 7. The molecule has 0 N–H and O–H groups in total. The molecule has 0 fully saturated rings. The van der Waals surface area contributed by atoms with Crippen LogP contribution in [0.4, 0.5) is 0 Å². The van der Waals surface area contributed by atoms with Gasteiger partial charge in [0.2, 0.25) is 0 Å². The molecule has 0 radical (unpaired) electrons. The van der Waals surface area contributed by atoms with E-state index in [1.807, 2.05) is 24.3 Å². The summed E-state index contributed by atoms with van der Waals surface area (Å²) < 4.78 is 5.57. The quantitative estimate of drug-likeness (QED) is 0.358. The third kappa shape index (κ3) is 7.54. The molecular weight excluding hydrogens is 179 g/mol. The molecule has 0 spiro atoms. The van der Waals surface area contributed by atoms with Crippen LogP contribution in [-0.2, 0) is 0 Å². The molecule has 0 amide bonds. The Kier molecular flexibility index (Phi) is 9.89. The van der Waals surface area contributed by atoms with Crippen LogP contribution in [0.15, 0.2) is 24.3 Å². The van der Waals surface area contributed by atoms with E-state index >= 15 is 0 Å². The van der Waals surface area contributed by atoms with Gasteiger partial charge in [0.05, 0.1) is 6.61 Å². The molecule has 0 heterocycles. The van der Waals surface area contributed by atoms with E-state index in [0.717, 1.165) is 12.4 Å². The van der Waals surface area contributed by atoms with E-state index in [0.29, 0.717) is 0 Å². The van der Waals surface area contributed by atoms with Crippen molar-refractivity contribution >= 4 is 0 Å². The van der Waals surface area contributed by atoms with E-state index in [9.17, 15) is 0 Å². The van der Waals surface area contributed by atoms with Crippen molar-refractivity contribution in [2.45, 2.75) is 39.0 Å². The van der Waals surface area contributed by atoms with Crippen LogP contribution in [-0.4, -0.2) is 6.61 Å². The SMILES string of the molecule is CCCCCCCOc1cc[c-]cc1.[Li+]. The Morgan fingerprint density at radius 3 is 2.40 bits per heavy atom. The summed E-state index contributed by atoms with van der Waals surface area (Å²) in [5.41, 5.74) is 0. The van der Waals surface area contributed by atoms with Crippen LogP contribution in [0.2, 0.25) is 0 Å². The van der Waals surface area contributed by atoms with Crippen LogP contribution in [0.25, 0.3) is 0 Å². The number of hydrogen-bond donors (Lipinski definition) is 0. The molecule has 15 heavy (non-hydrogen) atoms. The van der Waals surface area contributed by atoms with Gasteiger partial charge in [-0.2, -0.15) is 18.2 Å². The molecule has 0 aromatic heterocycles. The molecule has 1 nitrogen and oxygen atoms in total. The summed E-state index contributed by atoms with van der Waals surface area (Å²) in [7, 11) is 0. The van der Waals surface area contributed by atoms with Crippen LogP contribution in [0.5, 0.6) is 5.75 Å². The molecule has 0 aliphatic rings. The van der Waals surface area contributed by atoms with Crippen LogP contribution in [0, 0.1) is 6.07 Å². The molecule has 1 rings (SSSR count). The standard InChI is InChI=1S/C13H19O.Li/c1-2-3-4-5-9-12-14-13-10-7-6-8-11-13;/h7-8,10-11H,2-5,9,12H2,1H3;/q-1;+1. The zero-order valence-electron chi connectivity index (χ0n) is 9.96. The maximum Gasteiger partial charge on any atom is 1.00 e. The molecule has 0 bridgehead atoms. The Morgan fingerprint density at radius 1 is 1.07 bits per heavy atom. The van der Waals surface area contributed by atoms with Gasteiger partial charge in [0, 0.05) is 5.75 Å². The third-order valence-electron chi connectivity index (χ3n) is 2.20. The minimum atomic E-state index is 0. The van der Waals surface area contributed by atoms with Crippen molar-refractivity contribution in [3.8, 4) is 5.75 Å². The zero-order chi connectivity index (χ0) is 10.1. The molecule has 0 aliphatic carbocycles. The van der Waals surface area contributed by atoms with Crippen molar-refractivity contribution in [1.82, 2.24) is 0 Å². The number of ether oxygens (including phenoxy) is 1. The number of benzene rings is 1. The maximum atomic E-state index is 5.57. The van der Waals surface area contributed by atoms with Crippen molar-refractivity contribution < 1.29 is 23.6 Å². The molecule has 0 saturated heterocycles. The van der Waals surface area contributed by atoms with Gasteiger partial charge in [-0.3, -0.25) is 0 Å². The fraction of sp³-hybridized carbons (Fsp3) is 0.538. The molecule has 2 heteroatoms. The van der Waals surface area contributed by atoms with Crippen molar-refractivity contribution in [1.29, 1.82) is 0 Å². The smallest absolute Gasteiger partial charge is 0.519 e. The summed E-state index contributed by atoms with van der Waals surface area (Å²) in [6, 6.07) is 10.6. The first kappa shape index (κ1) is 14.6. The van der Waals surface area contributed by atoms with Gasteiger partial charge in [-0.05, 0) is 6.42 Å². The van der Waals surface area contributed by atoms with Gasteiger partial charge in [-0.1, -0.05) is 32.6 Å². The average molecular weight is 198 g/mol. The molecular formula is C13H19LiO. The minimum absolute atomic E-state index is 0. The fourth-order valence-electron chi connectivity index (χ4n) is 1.36. The Labute approximate surface area is 105 Å². The fourth-order valence-corrected chi connectivity index (χ4v) is 1.36. The predicted molar refractivity (Wildman–Crippen MR) is 59.5 cm³/mol. The number of hydrogen-bond acceptors (Lipinski definition) is 1. The average Bonchev–Trinajstić information content (AvgIpc) is 2.25. The summed E-state index contributed by atoms with van der Waals surface area (Å²) in [5, 5.41) is 0. The molecule has 0 atom stereocenters. The third-order valence-corrected chi connectivity index (χ3v) is 2.20. The van der Waals surface area contributed by atoms with Crippen LogP contribution in [0.1, 0.15) is 39.0 Å². The van der Waals surface area contributed by atoms with Crippen molar-refractivity contribution in [3.63, 3.8) is 0 Å². The predicted octanol–water partition coefficient (Wildman–Crippen LogP) is 0.840. The first-order chi connectivity index (χ1) is 6.93. The molecule has 0 saturated carbocycles. The van der Waals surface area contributed by atoms with Crippen LogP contribution < -0.4 is 23.6 Å². The summed E-state index contributed by atoms with van der Waals surface area (Å²) in [6.07, 6.45) is 6.43. The zero-order valence-corrected chi connectivity index (χ0v) is 9.96. The van der Waals surface area contributed by atoms with E-state index in [2.05, 4.69) is 13.0 Å². The van der Waals surface area contributed by atoms with Gasteiger partial charge >= 0.3 is 18.9 Å². The van der Waals surface area contributed by atoms with E-state index in [1.165, 1.54) is 32.1 Å². The van der Waals surface area contributed by atoms with E-state index < -0.39 is 0 Å². The van der Waals surface area contributed by atoms with Crippen molar-refractivity contribution in [2.24, 2.45) is 0 Å². The summed E-state index contributed by atoms with van der Waals surface area (Å²) >= 11 is 0. The topological polar surface area (TPSA) is 9.23 Å². The molecule has 1 aromatic rings. The van der Waals surface area contributed by atoms with Gasteiger partial charge < -0.3 is 4.74 Å². The monoisotopic (exact) mass is 198 g/mol. The second kappa shape index (κ2) is 10.1. The molecule has 0 aliphatic heterocycles. The second-order valence-corrected chi connectivity index (χ2v) is 3.50. The van der Waals surface area contributed by atoms with Gasteiger partial charge in [-0.15, -0.1) is 12.1 Å². The van der Waals surface area contributed by atoms with Crippen molar-refractivity contribution in [2.75, 3.05) is 6.61 Å². The normalized spacial score (nSPS) is 9.40. The van der Waals surface area contributed by atoms with Crippen molar-refractivity contribution in [3.05, 3.63) is 30.3 Å². The Bertz CT molecular complexity index is 223. The minimum Gasteiger partial charge on any atom is -0.519 e. The second-order valence-electron chi connectivity index (χ2n) is 3.50. The molecule has 0 unspecified atom stereocenters. The molecule has 78 valence electrons. The summed E-state index contributed by atoms with van der Waals surface area (Å²) in [5.74, 6) is 0.958. The van der Waals surface area contributed by atoms with Gasteiger partial charge in [-0.25, -0.2) is 0 Å². The Balaban J connectivity index is 0.00000196. The maximum absolute atomic E-state index is 5.57. The summed E-state index contributed by atoms with van der Waals surface area (Å²) in [4.78, 5) is 0. The Morgan fingerprint density at radius 2 is 1.73 bits per heavy atom. The first-order valence-electron chi connectivity index (χ1n) is 5.52. The molecule has 1 aromatic carbocycles. The van der Waals surface area contributed by atoms with Gasteiger partial charge in [0.15, 0.2) is 0 Å². The Hall–Kier alpha value is -0.383. The van der Waals surface area contributed by atoms with Crippen LogP contribution in [0.3, 0.4) is 0 Å². The van der Waals surface area contributed by atoms with Gasteiger partial charge in [0.1, 0.15) is 0 Å².